The highest BCUT2D eigenvalue weighted by Gasteiger charge is 2.53. The molecule has 2 heterocycles. The van der Waals surface area contributed by atoms with Gasteiger partial charge >= 0.3 is 11.7 Å². The Hall–Kier alpha value is -3.93. The van der Waals surface area contributed by atoms with Crippen LogP contribution in [0.1, 0.15) is 30.5 Å². The van der Waals surface area contributed by atoms with Crippen LogP contribution in [0.5, 0.6) is 11.5 Å². The molecule has 2 aromatic carbocycles. The summed E-state index contributed by atoms with van der Waals surface area (Å²) in [5.41, 5.74) is 4.30. The highest BCUT2D eigenvalue weighted by molar-refractivity contribution is 5.90. The highest BCUT2D eigenvalue weighted by atomic mass is 16.7. The SMILES string of the molecule is CO[C@@H]1[C@@H](OC(N)=O)[C@@H](O)[C@H](Oc2ccc3c(O)c(CC(=O)Cc4ccccc4)c(=O)oc3c2C)OC1(C)C. The number of hydrogen-bond donors (Lipinski definition) is 3. The van der Waals surface area contributed by atoms with Crippen LogP contribution >= 0.6 is 0 Å². The van der Waals surface area contributed by atoms with E-state index in [1.165, 1.54) is 19.2 Å². The number of amides is 1. The minimum atomic E-state index is -1.48. The zero-order chi connectivity index (χ0) is 28.5. The summed E-state index contributed by atoms with van der Waals surface area (Å²) >= 11 is 0. The number of primary amides is 1. The van der Waals surface area contributed by atoms with Gasteiger partial charge in [0.1, 0.15) is 29.0 Å². The monoisotopic (exact) mass is 541 g/mol. The molecular weight excluding hydrogens is 510 g/mol. The lowest BCUT2D eigenvalue weighted by Gasteiger charge is -2.47. The lowest BCUT2D eigenvalue weighted by atomic mass is 9.89. The third-order valence-corrected chi connectivity index (χ3v) is 6.72. The molecule has 4 rings (SSSR count). The van der Waals surface area contributed by atoms with Gasteiger partial charge in [-0.1, -0.05) is 30.3 Å². The molecule has 11 heteroatoms. The number of aryl methyl sites for hydroxylation is 1. The molecule has 1 amide bonds. The van der Waals surface area contributed by atoms with Crippen molar-refractivity contribution < 1.29 is 43.2 Å². The van der Waals surface area contributed by atoms with Gasteiger partial charge in [-0.05, 0) is 38.5 Å². The molecule has 11 nitrogen and oxygen atoms in total. The molecule has 0 unspecified atom stereocenters. The molecule has 1 aromatic heterocycles. The van der Waals surface area contributed by atoms with E-state index in [1.54, 1.807) is 32.9 Å². The number of aliphatic hydroxyl groups excluding tert-OH is 1. The number of rotatable bonds is 8. The zero-order valence-corrected chi connectivity index (χ0v) is 22.0. The number of fused-ring (bicyclic) bond motifs is 1. The lowest BCUT2D eigenvalue weighted by Crippen LogP contribution is -2.65. The summed E-state index contributed by atoms with van der Waals surface area (Å²) in [5.74, 6) is -0.440. The normalized spacial score (nSPS) is 22.4. The molecule has 1 fully saturated rings. The molecule has 4 atom stereocenters. The molecule has 0 spiro atoms. The number of methoxy groups -OCH3 is 1. The first kappa shape index (κ1) is 28.1. The Labute approximate surface area is 224 Å². The van der Waals surface area contributed by atoms with E-state index in [4.69, 9.17) is 29.1 Å². The van der Waals surface area contributed by atoms with E-state index in [0.29, 0.717) is 5.56 Å². The van der Waals surface area contributed by atoms with Crippen LogP contribution in [0, 0.1) is 6.92 Å². The highest BCUT2D eigenvalue weighted by Crippen LogP contribution is 2.37. The molecule has 1 aliphatic heterocycles. The smallest absolute Gasteiger partial charge is 0.404 e. The van der Waals surface area contributed by atoms with Gasteiger partial charge in [0, 0.05) is 25.5 Å². The summed E-state index contributed by atoms with van der Waals surface area (Å²) in [6.45, 7) is 4.94. The van der Waals surface area contributed by atoms with Crippen molar-refractivity contribution in [1.82, 2.24) is 0 Å². The van der Waals surface area contributed by atoms with Crippen molar-refractivity contribution in [3.05, 3.63) is 69.6 Å². The second kappa shape index (κ2) is 11.0. The average Bonchev–Trinajstić information content (AvgIpc) is 2.87. The Morgan fingerprint density at radius 3 is 2.44 bits per heavy atom. The van der Waals surface area contributed by atoms with E-state index in [2.05, 4.69) is 0 Å². The summed E-state index contributed by atoms with van der Waals surface area (Å²) in [7, 11) is 1.38. The number of aromatic hydroxyl groups is 1. The number of Topliss-reactive ketones (excluding diaryl/α,β-unsaturated/α-hetero) is 1. The molecule has 4 N–H and O–H groups in total. The summed E-state index contributed by atoms with van der Waals surface area (Å²) < 4.78 is 27.9. The van der Waals surface area contributed by atoms with Gasteiger partial charge in [0.05, 0.1) is 16.6 Å². The van der Waals surface area contributed by atoms with Crippen LogP contribution in [0.25, 0.3) is 11.0 Å². The Kier molecular flexibility index (Phi) is 7.96. The number of ether oxygens (including phenoxy) is 4. The van der Waals surface area contributed by atoms with Gasteiger partial charge in [-0.3, -0.25) is 4.79 Å². The first-order valence-corrected chi connectivity index (χ1v) is 12.3. The third-order valence-electron chi connectivity index (χ3n) is 6.72. The van der Waals surface area contributed by atoms with E-state index in [9.17, 15) is 24.6 Å². The standard InChI is InChI=1S/C28H31NO10/c1-14-19(36-26-21(32)23(38-27(29)34)24(35-4)28(2,3)39-26)11-10-17-20(31)18(25(33)37-22(14)17)13-16(30)12-15-8-6-5-7-9-15/h5-11,21,23-24,26,31-32H,12-13H2,1-4H3,(H2,29,34)/t21-,23+,24-,26-/m1/s1. The fraction of sp³-hybridized carbons (Fsp3) is 0.393. The van der Waals surface area contributed by atoms with Crippen LogP contribution in [-0.4, -0.2) is 59.4 Å². The van der Waals surface area contributed by atoms with Gasteiger partial charge in [0.25, 0.3) is 0 Å². The zero-order valence-electron chi connectivity index (χ0n) is 22.0. The van der Waals surface area contributed by atoms with Gasteiger partial charge in [-0.25, -0.2) is 9.59 Å². The maximum atomic E-state index is 12.8. The van der Waals surface area contributed by atoms with Crippen LogP contribution in [-0.2, 0) is 31.8 Å². The topological polar surface area (TPSA) is 168 Å². The van der Waals surface area contributed by atoms with Gasteiger partial charge in [-0.15, -0.1) is 0 Å². The average molecular weight is 542 g/mol. The van der Waals surface area contributed by atoms with E-state index < -0.39 is 41.9 Å². The minimum absolute atomic E-state index is 0.0403. The molecule has 0 radical (unpaired) electrons. The maximum absolute atomic E-state index is 12.8. The summed E-state index contributed by atoms with van der Waals surface area (Å²) in [4.78, 5) is 36.8. The van der Waals surface area contributed by atoms with Crippen LogP contribution in [0.2, 0.25) is 0 Å². The first-order valence-electron chi connectivity index (χ1n) is 12.3. The molecule has 0 aliphatic carbocycles. The molecule has 39 heavy (non-hydrogen) atoms. The van der Waals surface area contributed by atoms with E-state index in [1.807, 2.05) is 18.2 Å². The fourth-order valence-electron chi connectivity index (χ4n) is 4.84. The Balaban J connectivity index is 1.62. The van der Waals surface area contributed by atoms with Crippen LogP contribution in [0.4, 0.5) is 4.79 Å². The van der Waals surface area contributed by atoms with Crippen molar-refractivity contribution in [2.24, 2.45) is 5.73 Å². The van der Waals surface area contributed by atoms with Crippen molar-refractivity contribution in [2.45, 2.75) is 63.8 Å². The van der Waals surface area contributed by atoms with E-state index >= 15 is 0 Å². The molecule has 3 aromatic rings. The number of nitrogens with two attached hydrogens (primary N) is 1. The van der Waals surface area contributed by atoms with Gasteiger partial charge in [0.2, 0.25) is 6.29 Å². The maximum Gasteiger partial charge on any atom is 0.404 e. The Morgan fingerprint density at radius 2 is 1.79 bits per heavy atom. The minimum Gasteiger partial charge on any atom is -0.507 e. The van der Waals surface area contributed by atoms with Crippen molar-refractivity contribution >= 4 is 22.8 Å². The molecule has 1 aliphatic rings. The molecule has 1 saturated heterocycles. The molecule has 208 valence electrons. The third kappa shape index (κ3) is 5.75. The summed E-state index contributed by atoms with van der Waals surface area (Å²) in [6, 6.07) is 12.0. The lowest BCUT2D eigenvalue weighted by molar-refractivity contribution is -0.304. The Bertz CT molecular complexity index is 1430. The fourth-order valence-corrected chi connectivity index (χ4v) is 4.84. The Morgan fingerprint density at radius 1 is 1.10 bits per heavy atom. The predicted octanol–water partition coefficient (Wildman–Crippen LogP) is 2.51. The van der Waals surface area contributed by atoms with E-state index in [0.717, 1.165) is 5.56 Å². The number of carbonyl (C=O) groups excluding carboxylic acids is 2. The van der Waals surface area contributed by atoms with Crippen molar-refractivity contribution in [3.63, 3.8) is 0 Å². The van der Waals surface area contributed by atoms with Crippen LogP contribution < -0.4 is 16.1 Å². The number of hydrogen-bond acceptors (Lipinski definition) is 10. The van der Waals surface area contributed by atoms with Crippen LogP contribution in [0.15, 0.2) is 51.7 Å². The quantitative estimate of drug-likeness (QED) is 0.360. The number of ketones is 1. The summed E-state index contributed by atoms with van der Waals surface area (Å²) in [5, 5.41) is 22.0. The largest absolute Gasteiger partial charge is 0.507 e. The van der Waals surface area contributed by atoms with Crippen molar-refractivity contribution in [2.75, 3.05) is 7.11 Å². The number of benzene rings is 2. The van der Waals surface area contributed by atoms with Crippen molar-refractivity contribution in [3.8, 4) is 11.5 Å². The van der Waals surface area contributed by atoms with Crippen molar-refractivity contribution in [1.29, 1.82) is 0 Å². The predicted molar refractivity (Wildman–Crippen MR) is 139 cm³/mol. The second-order valence-corrected chi connectivity index (χ2v) is 9.92. The second-order valence-electron chi connectivity index (χ2n) is 9.92. The molecule has 0 bridgehead atoms. The van der Waals surface area contributed by atoms with Gasteiger partial charge < -0.3 is 39.3 Å². The van der Waals surface area contributed by atoms with E-state index in [-0.39, 0.29) is 46.7 Å². The molecule has 0 saturated carbocycles. The van der Waals surface area contributed by atoms with Gasteiger partial charge in [-0.2, -0.15) is 0 Å². The van der Waals surface area contributed by atoms with Gasteiger partial charge in [0.15, 0.2) is 12.2 Å². The molecular formula is C28H31NO10. The first-order chi connectivity index (χ1) is 18.4. The van der Waals surface area contributed by atoms with Crippen LogP contribution in [0.3, 0.4) is 0 Å². The number of aliphatic hydroxyl groups is 1. The number of carbonyl (C=O) groups is 2. The summed E-state index contributed by atoms with van der Waals surface area (Å²) in [6.07, 6.45) is -6.14.